The van der Waals surface area contributed by atoms with Gasteiger partial charge in [0.15, 0.2) is 10.1 Å². The number of aromatic nitrogens is 2. The van der Waals surface area contributed by atoms with Crippen molar-refractivity contribution in [1.29, 1.82) is 0 Å². The van der Waals surface area contributed by atoms with Gasteiger partial charge in [0.2, 0.25) is 0 Å². The molecule has 1 aliphatic heterocycles. The maximum atomic E-state index is 13.0. The summed E-state index contributed by atoms with van der Waals surface area (Å²) in [6, 6.07) is 7.86. The van der Waals surface area contributed by atoms with Crippen molar-refractivity contribution in [1.82, 2.24) is 15.1 Å². The van der Waals surface area contributed by atoms with E-state index in [4.69, 9.17) is 4.42 Å². The summed E-state index contributed by atoms with van der Waals surface area (Å²) in [6.45, 7) is 3.58. The second-order valence-electron chi connectivity index (χ2n) is 6.13. The minimum Gasteiger partial charge on any atom is -0.451 e. The number of rotatable bonds is 4. The predicted molar refractivity (Wildman–Crippen MR) is 100 cm³/mol. The van der Waals surface area contributed by atoms with Crippen LogP contribution in [0.25, 0.3) is 11.0 Å². The van der Waals surface area contributed by atoms with Gasteiger partial charge in [-0.2, -0.15) is 0 Å². The SMILES string of the molecule is Cc1nnc(SCc2c(C(=O)N3CCCCC3)oc3ccccc23)s1. The van der Waals surface area contributed by atoms with Crippen LogP contribution in [0.2, 0.25) is 0 Å². The number of piperidine rings is 1. The Labute approximate surface area is 154 Å². The van der Waals surface area contributed by atoms with Crippen LogP contribution in [-0.4, -0.2) is 34.1 Å². The summed E-state index contributed by atoms with van der Waals surface area (Å²) in [5, 5.41) is 10.2. The van der Waals surface area contributed by atoms with Crippen molar-refractivity contribution in [2.45, 2.75) is 36.3 Å². The molecule has 1 aromatic carbocycles. The average molecular weight is 374 g/mol. The average Bonchev–Trinajstić information content (AvgIpc) is 3.23. The van der Waals surface area contributed by atoms with Gasteiger partial charge in [-0.1, -0.05) is 41.3 Å². The highest BCUT2D eigenvalue weighted by Crippen LogP contribution is 2.34. The molecule has 0 atom stereocenters. The molecule has 0 spiro atoms. The third kappa shape index (κ3) is 3.43. The Morgan fingerprint density at radius 1 is 1.24 bits per heavy atom. The van der Waals surface area contributed by atoms with E-state index in [1.807, 2.05) is 36.1 Å². The highest BCUT2D eigenvalue weighted by Gasteiger charge is 2.26. The second-order valence-corrected chi connectivity index (χ2v) is 8.54. The monoisotopic (exact) mass is 373 g/mol. The number of amides is 1. The van der Waals surface area contributed by atoms with Gasteiger partial charge in [-0.05, 0) is 32.3 Å². The van der Waals surface area contributed by atoms with E-state index < -0.39 is 0 Å². The Bertz CT molecular complexity index is 897. The molecule has 0 unspecified atom stereocenters. The maximum Gasteiger partial charge on any atom is 0.289 e. The van der Waals surface area contributed by atoms with Crippen LogP contribution >= 0.6 is 23.1 Å². The zero-order chi connectivity index (χ0) is 17.2. The van der Waals surface area contributed by atoms with Gasteiger partial charge in [-0.25, -0.2) is 0 Å². The quantitative estimate of drug-likeness (QED) is 0.630. The van der Waals surface area contributed by atoms with Crippen LogP contribution in [0.3, 0.4) is 0 Å². The van der Waals surface area contributed by atoms with E-state index in [0.29, 0.717) is 11.5 Å². The number of hydrogen-bond acceptors (Lipinski definition) is 6. The fourth-order valence-corrected chi connectivity index (χ4v) is 4.97. The largest absolute Gasteiger partial charge is 0.451 e. The van der Waals surface area contributed by atoms with Gasteiger partial charge in [0.05, 0.1) is 0 Å². The van der Waals surface area contributed by atoms with E-state index >= 15 is 0 Å². The number of hydrogen-bond donors (Lipinski definition) is 0. The summed E-state index contributed by atoms with van der Waals surface area (Å²) in [4.78, 5) is 14.9. The molecule has 7 heteroatoms. The first-order chi connectivity index (χ1) is 12.2. The molecule has 0 radical (unpaired) electrons. The summed E-state index contributed by atoms with van der Waals surface area (Å²) in [5.41, 5.74) is 1.73. The van der Waals surface area contributed by atoms with Crippen molar-refractivity contribution in [3.05, 3.63) is 40.6 Å². The van der Waals surface area contributed by atoms with Gasteiger partial charge >= 0.3 is 0 Å². The van der Waals surface area contributed by atoms with E-state index in [9.17, 15) is 4.79 Å². The molecule has 1 fully saturated rings. The van der Waals surface area contributed by atoms with E-state index in [1.165, 1.54) is 6.42 Å². The number of benzene rings is 1. The summed E-state index contributed by atoms with van der Waals surface area (Å²) >= 11 is 3.18. The normalized spacial score (nSPS) is 15.0. The Hall–Kier alpha value is -1.86. The molecule has 5 nitrogen and oxygen atoms in total. The van der Waals surface area contributed by atoms with E-state index in [0.717, 1.165) is 51.8 Å². The van der Waals surface area contributed by atoms with Crippen molar-refractivity contribution >= 4 is 40.0 Å². The molecule has 3 aromatic rings. The first kappa shape index (κ1) is 16.6. The molecule has 0 aliphatic carbocycles. The Morgan fingerprint density at radius 2 is 2.04 bits per heavy atom. The number of thioether (sulfide) groups is 1. The number of para-hydroxylation sites is 1. The lowest BCUT2D eigenvalue weighted by Crippen LogP contribution is -2.35. The summed E-state index contributed by atoms with van der Waals surface area (Å²) in [6.07, 6.45) is 3.34. The number of carbonyl (C=O) groups excluding carboxylic acids is 1. The smallest absolute Gasteiger partial charge is 0.289 e. The topological polar surface area (TPSA) is 59.2 Å². The molecule has 130 valence electrons. The fourth-order valence-electron chi connectivity index (χ4n) is 3.13. The third-order valence-electron chi connectivity index (χ3n) is 4.38. The van der Waals surface area contributed by atoms with E-state index in [2.05, 4.69) is 10.2 Å². The van der Waals surface area contributed by atoms with Gasteiger partial charge in [-0.15, -0.1) is 10.2 Å². The molecular weight excluding hydrogens is 354 g/mol. The molecule has 0 bridgehead atoms. The molecule has 0 N–H and O–H groups in total. The summed E-state index contributed by atoms with van der Waals surface area (Å²) in [7, 11) is 0. The van der Waals surface area contributed by atoms with Gasteiger partial charge < -0.3 is 9.32 Å². The summed E-state index contributed by atoms with van der Waals surface area (Å²) < 4.78 is 6.89. The van der Waals surface area contributed by atoms with Crippen LogP contribution in [-0.2, 0) is 5.75 Å². The van der Waals surface area contributed by atoms with Crippen molar-refractivity contribution in [3.63, 3.8) is 0 Å². The Morgan fingerprint density at radius 3 is 2.80 bits per heavy atom. The Balaban J connectivity index is 1.66. The fraction of sp³-hybridized carbons (Fsp3) is 0.389. The van der Waals surface area contributed by atoms with Gasteiger partial charge in [0, 0.05) is 29.8 Å². The minimum atomic E-state index is 0.0138. The van der Waals surface area contributed by atoms with Crippen molar-refractivity contribution in [3.8, 4) is 0 Å². The molecular formula is C18H19N3O2S2. The molecule has 4 rings (SSSR count). The lowest BCUT2D eigenvalue weighted by Gasteiger charge is -2.26. The molecule has 2 aromatic heterocycles. The van der Waals surface area contributed by atoms with Gasteiger partial charge in [0.1, 0.15) is 10.6 Å². The third-order valence-corrected chi connectivity index (χ3v) is 6.38. The van der Waals surface area contributed by atoms with Crippen LogP contribution < -0.4 is 0 Å². The van der Waals surface area contributed by atoms with E-state index in [1.54, 1.807) is 23.1 Å². The highest BCUT2D eigenvalue weighted by atomic mass is 32.2. The maximum absolute atomic E-state index is 13.0. The predicted octanol–water partition coefficient (Wildman–Crippen LogP) is 4.51. The summed E-state index contributed by atoms with van der Waals surface area (Å²) in [5.74, 6) is 1.15. The standard InChI is InChI=1S/C18H19N3O2S2/c1-12-19-20-18(25-12)24-11-14-13-7-3-4-8-15(13)23-16(14)17(22)21-9-5-2-6-10-21/h3-4,7-8H,2,5-6,9-11H2,1H3. The first-order valence-electron chi connectivity index (χ1n) is 8.45. The molecule has 25 heavy (non-hydrogen) atoms. The van der Waals surface area contributed by atoms with Crippen molar-refractivity contribution in [2.75, 3.05) is 13.1 Å². The number of nitrogens with zero attached hydrogens (tertiary/aromatic N) is 3. The minimum absolute atomic E-state index is 0.0138. The highest BCUT2D eigenvalue weighted by molar-refractivity contribution is 8.00. The van der Waals surface area contributed by atoms with Crippen LogP contribution in [0.1, 0.15) is 40.4 Å². The molecule has 1 saturated heterocycles. The first-order valence-corrected chi connectivity index (χ1v) is 10.2. The van der Waals surface area contributed by atoms with Crippen LogP contribution in [0.5, 0.6) is 0 Å². The van der Waals surface area contributed by atoms with E-state index in [-0.39, 0.29) is 5.91 Å². The van der Waals surface area contributed by atoms with Crippen LogP contribution in [0.4, 0.5) is 0 Å². The van der Waals surface area contributed by atoms with Crippen molar-refractivity contribution in [2.24, 2.45) is 0 Å². The zero-order valence-corrected chi connectivity index (χ0v) is 15.7. The molecule has 0 saturated carbocycles. The number of furan rings is 1. The molecule has 3 heterocycles. The van der Waals surface area contributed by atoms with Gasteiger partial charge in [-0.3, -0.25) is 4.79 Å². The molecule has 1 amide bonds. The van der Waals surface area contributed by atoms with Gasteiger partial charge in [0.25, 0.3) is 5.91 Å². The zero-order valence-electron chi connectivity index (χ0n) is 14.0. The molecule has 1 aliphatic rings. The number of aryl methyl sites for hydroxylation is 1. The lowest BCUT2D eigenvalue weighted by atomic mass is 10.1. The second kappa shape index (κ2) is 7.17. The van der Waals surface area contributed by atoms with Crippen molar-refractivity contribution < 1.29 is 9.21 Å². The lowest BCUT2D eigenvalue weighted by molar-refractivity contribution is 0.0693. The van der Waals surface area contributed by atoms with Crippen LogP contribution in [0.15, 0.2) is 33.0 Å². The number of fused-ring (bicyclic) bond motifs is 1. The number of carbonyl (C=O) groups is 1. The van der Waals surface area contributed by atoms with Crippen LogP contribution in [0, 0.1) is 6.92 Å². The Kier molecular flexibility index (Phi) is 4.76. The number of likely N-dealkylation sites (tertiary alicyclic amines) is 1.